The Balaban J connectivity index is 1.48. The maximum Gasteiger partial charge on any atom is 0.0542 e. The summed E-state index contributed by atoms with van der Waals surface area (Å²) in [6.45, 7) is 5.13. The van der Waals surface area contributed by atoms with Gasteiger partial charge >= 0.3 is 0 Å². The van der Waals surface area contributed by atoms with Gasteiger partial charge in [-0.15, -0.1) is 0 Å². The molecule has 22 heavy (non-hydrogen) atoms. The number of piperazine rings is 1. The molecule has 0 bridgehead atoms. The summed E-state index contributed by atoms with van der Waals surface area (Å²) in [5, 5.41) is 6.75. The van der Waals surface area contributed by atoms with Gasteiger partial charge in [0.2, 0.25) is 0 Å². The molecular formula is C18H20BrN3. The van der Waals surface area contributed by atoms with Gasteiger partial charge in [-0.2, -0.15) is 5.10 Å². The third kappa shape index (κ3) is 4.42. The SMILES string of the molecule is Brc1ccc(/C=N/N2CCN(Cc3ccccc3)CC2)cc1. The number of hydrogen-bond acceptors (Lipinski definition) is 3. The first-order valence-corrected chi connectivity index (χ1v) is 8.40. The molecule has 1 saturated heterocycles. The van der Waals surface area contributed by atoms with Gasteiger partial charge < -0.3 is 0 Å². The second-order valence-electron chi connectivity index (χ2n) is 5.51. The third-order valence-corrected chi connectivity index (χ3v) is 4.37. The van der Waals surface area contributed by atoms with E-state index in [0.717, 1.165) is 42.8 Å². The van der Waals surface area contributed by atoms with Crippen LogP contribution in [-0.2, 0) is 6.54 Å². The zero-order chi connectivity index (χ0) is 15.2. The lowest BCUT2D eigenvalue weighted by molar-refractivity contribution is 0.131. The second kappa shape index (κ2) is 7.56. The molecular weight excluding hydrogens is 338 g/mol. The van der Waals surface area contributed by atoms with Crippen molar-refractivity contribution in [2.75, 3.05) is 26.2 Å². The van der Waals surface area contributed by atoms with Crippen LogP contribution in [0.2, 0.25) is 0 Å². The van der Waals surface area contributed by atoms with Gasteiger partial charge in [0.25, 0.3) is 0 Å². The van der Waals surface area contributed by atoms with Crippen molar-refractivity contribution in [3.8, 4) is 0 Å². The topological polar surface area (TPSA) is 18.8 Å². The van der Waals surface area contributed by atoms with Gasteiger partial charge in [-0.25, -0.2) is 0 Å². The van der Waals surface area contributed by atoms with Crippen molar-refractivity contribution in [3.63, 3.8) is 0 Å². The Morgan fingerprint density at radius 3 is 2.27 bits per heavy atom. The summed E-state index contributed by atoms with van der Waals surface area (Å²) in [5.41, 5.74) is 2.52. The molecule has 1 heterocycles. The summed E-state index contributed by atoms with van der Waals surface area (Å²) in [4.78, 5) is 2.49. The minimum Gasteiger partial charge on any atom is -0.295 e. The molecule has 0 atom stereocenters. The van der Waals surface area contributed by atoms with Crippen molar-refractivity contribution in [1.29, 1.82) is 0 Å². The highest BCUT2D eigenvalue weighted by Crippen LogP contribution is 2.11. The average Bonchev–Trinajstić information content (AvgIpc) is 2.57. The summed E-state index contributed by atoms with van der Waals surface area (Å²) in [6.07, 6.45) is 1.94. The van der Waals surface area contributed by atoms with Crippen LogP contribution in [0.3, 0.4) is 0 Å². The van der Waals surface area contributed by atoms with Gasteiger partial charge in [-0.1, -0.05) is 58.4 Å². The van der Waals surface area contributed by atoms with Gasteiger partial charge in [0.1, 0.15) is 0 Å². The molecule has 0 aliphatic carbocycles. The van der Waals surface area contributed by atoms with Gasteiger partial charge in [0.05, 0.1) is 6.21 Å². The highest BCUT2D eigenvalue weighted by Gasteiger charge is 2.15. The quantitative estimate of drug-likeness (QED) is 0.778. The Kier molecular flexibility index (Phi) is 5.24. The molecule has 4 heteroatoms. The van der Waals surface area contributed by atoms with Crippen LogP contribution >= 0.6 is 15.9 Å². The van der Waals surface area contributed by atoms with Crippen molar-refractivity contribution < 1.29 is 0 Å². The Labute approximate surface area is 140 Å². The van der Waals surface area contributed by atoms with Crippen LogP contribution < -0.4 is 0 Å². The molecule has 0 N–H and O–H groups in total. The molecule has 1 fully saturated rings. The Hall–Kier alpha value is -1.65. The molecule has 2 aromatic carbocycles. The number of halogens is 1. The molecule has 0 aromatic heterocycles. The molecule has 114 valence electrons. The standard InChI is InChI=1S/C18H20BrN3/c19-18-8-6-16(7-9-18)14-20-22-12-10-21(11-13-22)15-17-4-2-1-3-5-17/h1-9,14H,10-13,15H2/b20-14+. The molecule has 0 radical (unpaired) electrons. The summed E-state index contributed by atoms with van der Waals surface area (Å²) in [5.74, 6) is 0. The van der Waals surface area contributed by atoms with Gasteiger partial charge in [0.15, 0.2) is 0 Å². The van der Waals surface area contributed by atoms with Crippen LogP contribution in [0.25, 0.3) is 0 Å². The molecule has 2 aromatic rings. The molecule has 1 aliphatic heterocycles. The fraction of sp³-hybridized carbons (Fsp3) is 0.278. The van der Waals surface area contributed by atoms with E-state index in [1.165, 1.54) is 5.56 Å². The van der Waals surface area contributed by atoms with Crippen LogP contribution in [-0.4, -0.2) is 42.3 Å². The molecule has 0 spiro atoms. The lowest BCUT2D eigenvalue weighted by Gasteiger charge is -2.33. The first-order chi connectivity index (χ1) is 10.8. The maximum absolute atomic E-state index is 4.59. The molecule has 3 nitrogen and oxygen atoms in total. The molecule has 0 unspecified atom stereocenters. The largest absolute Gasteiger partial charge is 0.295 e. The van der Waals surface area contributed by atoms with Crippen molar-refractivity contribution in [2.24, 2.45) is 5.10 Å². The smallest absolute Gasteiger partial charge is 0.0542 e. The van der Waals surface area contributed by atoms with E-state index in [1.807, 2.05) is 18.3 Å². The number of hydrogen-bond donors (Lipinski definition) is 0. The minimum absolute atomic E-state index is 0.986. The Morgan fingerprint density at radius 1 is 0.909 bits per heavy atom. The first kappa shape index (κ1) is 15.3. The van der Waals surface area contributed by atoms with Gasteiger partial charge in [-0.05, 0) is 23.3 Å². The predicted molar refractivity (Wildman–Crippen MR) is 95.0 cm³/mol. The summed E-state index contributed by atoms with van der Waals surface area (Å²) >= 11 is 3.45. The van der Waals surface area contributed by atoms with E-state index in [0.29, 0.717) is 0 Å². The molecule has 1 aliphatic rings. The summed E-state index contributed by atoms with van der Waals surface area (Å²) in [7, 11) is 0. The van der Waals surface area contributed by atoms with Crippen LogP contribution in [0.1, 0.15) is 11.1 Å². The van der Waals surface area contributed by atoms with Crippen molar-refractivity contribution in [1.82, 2.24) is 9.91 Å². The third-order valence-electron chi connectivity index (χ3n) is 3.84. The number of rotatable bonds is 4. The monoisotopic (exact) mass is 357 g/mol. The number of hydrazone groups is 1. The van der Waals surface area contributed by atoms with E-state index < -0.39 is 0 Å². The highest BCUT2D eigenvalue weighted by atomic mass is 79.9. The van der Waals surface area contributed by atoms with E-state index in [2.05, 4.69) is 73.4 Å². The van der Waals surface area contributed by atoms with Crippen molar-refractivity contribution in [3.05, 3.63) is 70.2 Å². The fourth-order valence-corrected chi connectivity index (χ4v) is 2.81. The van der Waals surface area contributed by atoms with Crippen LogP contribution in [0, 0.1) is 0 Å². The van der Waals surface area contributed by atoms with Crippen LogP contribution in [0.4, 0.5) is 0 Å². The first-order valence-electron chi connectivity index (χ1n) is 7.60. The predicted octanol–water partition coefficient (Wildman–Crippen LogP) is 3.60. The van der Waals surface area contributed by atoms with Crippen LogP contribution in [0.5, 0.6) is 0 Å². The van der Waals surface area contributed by atoms with Crippen LogP contribution in [0.15, 0.2) is 64.2 Å². The zero-order valence-electron chi connectivity index (χ0n) is 12.5. The molecule has 0 saturated carbocycles. The summed E-state index contributed by atoms with van der Waals surface area (Å²) < 4.78 is 1.10. The van der Waals surface area contributed by atoms with Gasteiger partial charge in [-0.3, -0.25) is 9.91 Å². The maximum atomic E-state index is 4.59. The van der Waals surface area contributed by atoms with E-state index in [4.69, 9.17) is 0 Å². The highest BCUT2D eigenvalue weighted by molar-refractivity contribution is 9.10. The molecule has 0 amide bonds. The lowest BCUT2D eigenvalue weighted by atomic mass is 10.2. The zero-order valence-corrected chi connectivity index (χ0v) is 14.1. The van der Waals surface area contributed by atoms with E-state index in [-0.39, 0.29) is 0 Å². The van der Waals surface area contributed by atoms with Crippen molar-refractivity contribution >= 4 is 22.1 Å². The summed E-state index contributed by atoms with van der Waals surface area (Å²) in [6, 6.07) is 18.9. The van der Waals surface area contributed by atoms with Crippen molar-refractivity contribution in [2.45, 2.75) is 6.54 Å². The lowest BCUT2D eigenvalue weighted by Crippen LogP contribution is -2.43. The Morgan fingerprint density at radius 2 is 1.59 bits per heavy atom. The average molecular weight is 358 g/mol. The second-order valence-corrected chi connectivity index (χ2v) is 6.43. The van der Waals surface area contributed by atoms with Gasteiger partial charge in [0, 0.05) is 37.2 Å². The van der Waals surface area contributed by atoms with E-state index >= 15 is 0 Å². The Bertz CT molecular complexity index is 602. The normalized spacial score (nSPS) is 16.3. The molecule has 3 rings (SSSR count). The number of nitrogens with zero attached hydrogens (tertiary/aromatic N) is 3. The fourth-order valence-electron chi connectivity index (χ4n) is 2.55. The van der Waals surface area contributed by atoms with E-state index in [9.17, 15) is 0 Å². The minimum atomic E-state index is 0.986. The van der Waals surface area contributed by atoms with E-state index in [1.54, 1.807) is 0 Å². The number of benzene rings is 2.